The minimum atomic E-state index is -4.94. The first kappa shape index (κ1) is 32.4. The molecule has 0 radical (unpaired) electrons. The third-order valence-corrected chi connectivity index (χ3v) is 4.43. The number of nitrogens with zero attached hydrogens (tertiary/aromatic N) is 2. The SMILES string of the molecule is C1COCCN2CCOCCOCCN(CCO1)CCOCCOCC2.[Li+].[O-][Cl+3]([O-])([O-])[O-]. The largest absolute Gasteiger partial charge is 1.00 e. The zero-order chi connectivity index (χ0) is 22.6. The molecule has 0 N–H and O–H groups in total. The van der Waals surface area contributed by atoms with Gasteiger partial charge in [0.05, 0.1) is 79.3 Å². The molecule has 0 aromatic heterocycles. The van der Waals surface area contributed by atoms with Crippen LogP contribution in [0.2, 0.25) is 0 Å². The van der Waals surface area contributed by atoms with Gasteiger partial charge in [0.2, 0.25) is 0 Å². The molecule has 2 bridgehead atoms. The fourth-order valence-corrected chi connectivity index (χ4v) is 2.80. The number of ether oxygens (including phenoxy) is 6. The summed E-state index contributed by atoms with van der Waals surface area (Å²) in [6.45, 7) is 13.2. The second-order valence-electron chi connectivity index (χ2n) is 6.74. The molecule has 14 heteroatoms. The van der Waals surface area contributed by atoms with Gasteiger partial charge >= 0.3 is 18.9 Å². The predicted molar refractivity (Wildman–Crippen MR) is 97.8 cm³/mol. The van der Waals surface area contributed by atoms with Crippen LogP contribution < -0.4 is 37.5 Å². The van der Waals surface area contributed by atoms with Gasteiger partial charge in [-0.3, -0.25) is 9.80 Å². The van der Waals surface area contributed by atoms with Crippen molar-refractivity contribution in [1.82, 2.24) is 9.80 Å². The summed E-state index contributed by atoms with van der Waals surface area (Å²) in [5, 5.41) is 0. The molecule has 3 fully saturated rings. The Balaban J connectivity index is 0.00000144. The van der Waals surface area contributed by atoms with E-state index in [0.717, 1.165) is 39.3 Å². The number of fused-ring (bicyclic) bond motifs is 21. The van der Waals surface area contributed by atoms with E-state index in [4.69, 9.17) is 47.1 Å². The molecule has 32 heavy (non-hydrogen) atoms. The third kappa shape index (κ3) is 23.6. The Hall–Kier alpha value is 0.407. The molecule has 12 nitrogen and oxygen atoms in total. The second kappa shape index (κ2) is 21.9. The second-order valence-corrected chi connectivity index (χ2v) is 7.49. The van der Waals surface area contributed by atoms with Crippen molar-refractivity contribution in [3.8, 4) is 0 Å². The Morgan fingerprint density at radius 3 is 0.688 bits per heavy atom. The van der Waals surface area contributed by atoms with Crippen LogP contribution in [0.15, 0.2) is 0 Å². The van der Waals surface area contributed by atoms with E-state index in [1.807, 2.05) is 0 Å². The summed E-state index contributed by atoms with van der Waals surface area (Å²) in [6, 6.07) is 0. The first-order valence-electron chi connectivity index (χ1n) is 10.5. The van der Waals surface area contributed by atoms with Gasteiger partial charge in [-0.15, -0.1) is 10.2 Å². The van der Waals surface area contributed by atoms with Crippen LogP contribution in [0.4, 0.5) is 0 Å². The Morgan fingerprint density at radius 1 is 0.375 bits per heavy atom. The average Bonchev–Trinajstić information content (AvgIpc) is 2.70. The van der Waals surface area contributed by atoms with Crippen LogP contribution in [-0.4, -0.2) is 128 Å². The maximum absolute atomic E-state index is 8.49. The molecular weight excluding hydrogens is 447 g/mol. The van der Waals surface area contributed by atoms with Crippen LogP contribution in [0, 0.1) is 10.2 Å². The molecule has 0 saturated carbocycles. The smallest absolute Gasteiger partial charge is 0.378 e. The quantitative estimate of drug-likeness (QED) is 0.301. The Labute approximate surface area is 204 Å². The molecule has 0 spiro atoms. The summed E-state index contributed by atoms with van der Waals surface area (Å²) in [5.74, 6) is 0. The van der Waals surface area contributed by atoms with Gasteiger partial charge in [0.15, 0.2) is 0 Å². The van der Waals surface area contributed by atoms with Gasteiger partial charge in [0, 0.05) is 39.3 Å². The van der Waals surface area contributed by atoms with Crippen molar-refractivity contribution in [1.29, 1.82) is 0 Å². The molecule has 0 amide bonds. The van der Waals surface area contributed by atoms with E-state index in [2.05, 4.69) is 9.80 Å². The number of hydrogen-bond acceptors (Lipinski definition) is 12. The Morgan fingerprint density at radius 2 is 0.531 bits per heavy atom. The summed E-state index contributed by atoms with van der Waals surface area (Å²) >= 11 is 0. The van der Waals surface area contributed by atoms with Gasteiger partial charge in [0.25, 0.3) is 0 Å². The third-order valence-electron chi connectivity index (χ3n) is 4.43. The molecule has 0 aliphatic carbocycles. The van der Waals surface area contributed by atoms with Gasteiger partial charge < -0.3 is 28.4 Å². The van der Waals surface area contributed by atoms with Gasteiger partial charge in [-0.25, -0.2) is 18.6 Å². The first-order valence-corrected chi connectivity index (χ1v) is 11.7. The molecule has 3 heterocycles. The van der Waals surface area contributed by atoms with Gasteiger partial charge in [-0.1, -0.05) is 0 Å². The summed E-state index contributed by atoms with van der Waals surface area (Å²) in [4.78, 5) is 4.62. The standard InChI is InChI=1S/C18H36N2O6.ClHO4.Li/c1-7-21-13-14-24-10-4-20-5-11-25-17-15-22-8-2-19(1)3-9-23-16-18-26-12-6-20;2-1(3,4)5;/h1-18H2;(H,2,3,4,5);/q;;+1/p-1. The van der Waals surface area contributed by atoms with Crippen molar-refractivity contribution in [3.05, 3.63) is 0 Å². The molecule has 3 rings (SSSR count). The number of rotatable bonds is 0. The molecule has 0 atom stereocenters. The molecule has 3 aliphatic rings. The van der Waals surface area contributed by atoms with Crippen LogP contribution in [-0.2, 0) is 28.4 Å². The van der Waals surface area contributed by atoms with Crippen LogP contribution in [0.5, 0.6) is 0 Å². The average molecular weight is 483 g/mol. The van der Waals surface area contributed by atoms with Crippen molar-refractivity contribution < 1.29 is 76.2 Å². The first-order chi connectivity index (χ1) is 14.9. The molecule has 0 aromatic rings. The van der Waals surface area contributed by atoms with Crippen LogP contribution in [0.25, 0.3) is 0 Å². The van der Waals surface area contributed by atoms with Gasteiger partial charge in [-0.05, 0) is 0 Å². The zero-order valence-corrected chi connectivity index (χ0v) is 19.8. The van der Waals surface area contributed by atoms with E-state index < -0.39 is 10.2 Å². The monoisotopic (exact) mass is 482 g/mol. The maximum atomic E-state index is 8.49. The fraction of sp³-hybridized carbons (Fsp3) is 1.00. The van der Waals surface area contributed by atoms with E-state index in [1.165, 1.54) is 0 Å². The van der Waals surface area contributed by atoms with E-state index in [1.54, 1.807) is 0 Å². The predicted octanol–water partition coefficient (Wildman–Crippen LogP) is -8.03. The summed E-state index contributed by atoms with van der Waals surface area (Å²) in [6.07, 6.45) is 0. The van der Waals surface area contributed by atoms with Crippen molar-refractivity contribution in [2.75, 3.05) is 119 Å². The molecule has 3 aliphatic heterocycles. The molecule has 3 saturated heterocycles. The summed E-state index contributed by atoms with van der Waals surface area (Å²) in [5.41, 5.74) is 0. The van der Waals surface area contributed by atoms with Crippen molar-refractivity contribution in [2.24, 2.45) is 0 Å². The van der Waals surface area contributed by atoms with Gasteiger partial charge in [-0.2, -0.15) is 0 Å². The van der Waals surface area contributed by atoms with Crippen molar-refractivity contribution >= 4 is 0 Å². The summed E-state index contributed by atoms with van der Waals surface area (Å²) < 4.78 is 68.2. The van der Waals surface area contributed by atoms with Crippen molar-refractivity contribution in [3.63, 3.8) is 0 Å². The number of hydrogen-bond donors (Lipinski definition) is 0. The van der Waals surface area contributed by atoms with Crippen LogP contribution >= 0.6 is 0 Å². The minimum Gasteiger partial charge on any atom is -0.378 e. The number of halogens is 1. The fourth-order valence-electron chi connectivity index (χ4n) is 2.80. The van der Waals surface area contributed by atoms with Gasteiger partial charge in [0.1, 0.15) is 0 Å². The molecule has 0 unspecified atom stereocenters. The Kier molecular flexibility index (Phi) is 22.2. The Bertz CT molecular complexity index is 329. The molecule has 186 valence electrons. The minimum absolute atomic E-state index is 0. The van der Waals surface area contributed by atoms with E-state index in [0.29, 0.717) is 79.3 Å². The van der Waals surface area contributed by atoms with Crippen LogP contribution in [0.3, 0.4) is 0 Å². The van der Waals surface area contributed by atoms with E-state index >= 15 is 0 Å². The normalized spacial score (nSPS) is 26.6. The van der Waals surface area contributed by atoms with E-state index in [-0.39, 0.29) is 18.9 Å². The molecular formula is C18H36ClLiN2O10. The van der Waals surface area contributed by atoms with Crippen LogP contribution in [0.1, 0.15) is 0 Å². The van der Waals surface area contributed by atoms with Crippen molar-refractivity contribution in [2.45, 2.75) is 0 Å². The maximum Gasteiger partial charge on any atom is 1.00 e. The summed E-state index contributed by atoms with van der Waals surface area (Å²) in [7, 11) is -4.94. The zero-order valence-electron chi connectivity index (χ0n) is 19.1. The van der Waals surface area contributed by atoms with E-state index in [9.17, 15) is 0 Å². The molecule has 0 aromatic carbocycles. The topological polar surface area (TPSA) is 154 Å².